The van der Waals surface area contributed by atoms with Crippen LogP contribution in [0.1, 0.15) is 6.92 Å². The number of anilines is 2. The molecule has 2 N–H and O–H groups in total. The fourth-order valence-electron chi connectivity index (χ4n) is 2.65. The van der Waals surface area contributed by atoms with Gasteiger partial charge in [0.05, 0.1) is 22.7 Å². The Hall–Kier alpha value is -2.94. The van der Waals surface area contributed by atoms with Gasteiger partial charge in [-0.1, -0.05) is 23.2 Å². The fourth-order valence-corrected chi connectivity index (χ4v) is 4.24. The van der Waals surface area contributed by atoms with Crippen molar-refractivity contribution >= 4 is 50.5 Å². The standard InChI is InChI=1S/C22H20Cl2N2O5S/c1-14(31-18-8-6-17(30-2)7-9-18)22(27)25-16-4-10-19(11-5-16)32(28,29)26-21-12-3-15(23)13-20(21)24/h3-14,26H,1-2H3,(H,25,27). The van der Waals surface area contributed by atoms with Crippen molar-refractivity contribution in [3.05, 3.63) is 76.8 Å². The summed E-state index contributed by atoms with van der Waals surface area (Å²) in [5.74, 6) is 0.807. The first kappa shape index (κ1) is 23.7. The van der Waals surface area contributed by atoms with Crippen molar-refractivity contribution in [2.75, 3.05) is 17.1 Å². The lowest BCUT2D eigenvalue weighted by Gasteiger charge is -2.15. The Morgan fingerprint density at radius 1 is 0.938 bits per heavy atom. The van der Waals surface area contributed by atoms with E-state index in [2.05, 4.69) is 10.0 Å². The topological polar surface area (TPSA) is 93.7 Å². The molecule has 32 heavy (non-hydrogen) atoms. The van der Waals surface area contributed by atoms with Gasteiger partial charge < -0.3 is 14.8 Å². The van der Waals surface area contributed by atoms with Crippen molar-refractivity contribution in [3.63, 3.8) is 0 Å². The van der Waals surface area contributed by atoms with E-state index in [-0.39, 0.29) is 21.5 Å². The summed E-state index contributed by atoms with van der Waals surface area (Å²) in [6, 6.07) is 17.0. The highest BCUT2D eigenvalue weighted by molar-refractivity contribution is 7.92. The lowest BCUT2D eigenvalue weighted by molar-refractivity contribution is -0.122. The van der Waals surface area contributed by atoms with Crippen molar-refractivity contribution in [1.29, 1.82) is 0 Å². The molecule has 0 spiro atoms. The summed E-state index contributed by atoms with van der Waals surface area (Å²) in [5, 5.41) is 3.26. The minimum Gasteiger partial charge on any atom is -0.497 e. The first-order valence-electron chi connectivity index (χ1n) is 9.37. The van der Waals surface area contributed by atoms with E-state index in [4.69, 9.17) is 32.7 Å². The Labute approximate surface area is 196 Å². The third-order valence-corrected chi connectivity index (χ3v) is 6.28. The molecule has 0 aliphatic rings. The van der Waals surface area contributed by atoms with E-state index in [0.717, 1.165) is 0 Å². The quantitative estimate of drug-likeness (QED) is 0.448. The number of rotatable bonds is 8. The zero-order valence-corrected chi connectivity index (χ0v) is 19.5. The van der Waals surface area contributed by atoms with Gasteiger partial charge >= 0.3 is 0 Å². The van der Waals surface area contributed by atoms with Gasteiger partial charge in [-0.25, -0.2) is 8.42 Å². The number of amides is 1. The maximum absolute atomic E-state index is 12.6. The first-order valence-corrected chi connectivity index (χ1v) is 11.6. The second-order valence-electron chi connectivity index (χ2n) is 6.68. The normalized spacial score (nSPS) is 12.0. The van der Waals surface area contributed by atoms with E-state index in [1.165, 1.54) is 42.5 Å². The predicted octanol–water partition coefficient (Wildman–Crippen LogP) is 5.21. The van der Waals surface area contributed by atoms with Crippen LogP contribution in [0.15, 0.2) is 71.6 Å². The van der Waals surface area contributed by atoms with E-state index in [9.17, 15) is 13.2 Å². The van der Waals surface area contributed by atoms with Crippen LogP contribution in [0.2, 0.25) is 10.0 Å². The SMILES string of the molecule is COc1ccc(OC(C)C(=O)Nc2ccc(S(=O)(=O)Nc3ccc(Cl)cc3Cl)cc2)cc1. The van der Waals surface area contributed by atoms with Gasteiger partial charge in [-0.3, -0.25) is 9.52 Å². The molecular formula is C22H20Cl2N2O5S. The summed E-state index contributed by atoms with van der Waals surface area (Å²) in [6.07, 6.45) is -0.777. The average molecular weight is 495 g/mol. The minimum absolute atomic E-state index is 0.00375. The molecule has 0 heterocycles. The van der Waals surface area contributed by atoms with E-state index in [1.54, 1.807) is 38.3 Å². The number of carbonyl (C=O) groups is 1. The van der Waals surface area contributed by atoms with Crippen molar-refractivity contribution in [3.8, 4) is 11.5 Å². The van der Waals surface area contributed by atoms with Crippen LogP contribution in [0.3, 0.4) is 0 Å². The van der Waals surface area contributed by atoms with Crippen LogP contribution in [0.4, 0.5) is 11.4 Å². The Morgan fingerprint density at radius 3 is 2.16 bits per heavy atom. The first-order chi connectivity index (χ1) is 15.2. The second-order valence-corrected chi connectivity index (χ2v) is 9.20. The summed E-state index contributed by atoms with van der Waals surface area (Å²) < 4.78 is 38.3. The van der Waals surface area contributed by atoms with Gasteiger partial charge in [-0.2, -0.15) is 0 Å². The molecule has 168 valence electrons. The molecule has 1 unspecified atom stereocenters. The van der Waals surface area contributed by atoms with E-state index < -0.39 is 16.1 Å². The van der Waals surface area contributed by atoms with Crippen LogP contribution in [-0.4, -0.2) is 27.5 Å². The second kappa shape index (κ2) is 10.1. The number of methoxy groups -OCH3 is 1. The summed E-state index contributed by atoms with van der Waals surface area (Å²) in [5.41, 5.74) is 0.626. The fraction of sp³-hybridized carbons (Fsp3) is 0.136. The van der Waals surface area contributed by atoms with E-state index in [1.807, 2.05) is 0 Å². The lowest BCUT2D eigenvalue weighted by Crippen LogP contribution is -2.30. The third-order valence-electron chi connectivity index (χ3n) is 4.35. The van der Waals surface area contributed by atoms with Gasteiger partial charge in [-0.05, 0) is 73.7 Å². The molecule has 0 aromatic heterocycles. The number of halogens is 2. The van der Waals surface area contributed by atoms with Crippen molar-refractivity contribution in [1.82, 2.24) is 0 Å². The molecule has 1 atom stereocenters. The molecule has 0 saturated carbocycles. The highest BCUT2D eigenvalue weighted by Gasteiger charge is 2.18. The van der Waals surface area contributed by atoms with Crippen LogP contribution >= 0.6 is 23.2 Å². The third kappa shape index (κ3) is 6.06. The Morgan fingerprint density at radius 2 is 1.56 bits per heavy atom. The van der Waals surface area contributed by atoms with Gasteiger partial charge in [0.25, 0.3) is 15.9 Å². The van der Waals surface area contributed by atoms with Crippen molar-refractivity contribution < 1.29 is 22.7 Å². The number of ether oxygens (including phenoxy) is 2. The molecule has 0 aliphatic carbocycles. The van der Waals surface area contributed by atoms with E-state index in [0.29, 0.717) is 22.2 Å². The van der Waals surface area contributed by atoms with Gasteiger partial charge in [0.15, 0.2) is 6.10 Å². The number of benzene rings is 3. The molecule has 3 rings (SSSR count). The van der Waals surface area contributed by atoms with Gasteiger partial charge in [-0.15, -0.1) is 0 Å². The summed E-state index contributed by atoms with van der Waals surface area (Å²) in [6.45, 7) is 1.61. The van der Waals surface area contributed by atoms with Crippen LogP contribution in [0.25, 0.3) is 0 Å². The molecule has 3 aromatic rings. The van der Waals surface area contributed by atoms with Gasteiger partial charge in [0.1, 0.15) is 11.5 Å². The summed E-state index contributed by atoms with van der Waals surface area (Å²) >= 11 is 11.9. The predicted molar refractivity (Wildman–Crippen MR) is 125 cm³/mol. The molecule has 7 nitrogen and oxygen atoms in total. The highest BCUT2D eigenvalue weighted by atomic mass is 35.5. The molecule has 0 fully saturated rings. The molecular weight excluding hydrogens is 475 g/mol. The van der Waals surface area contributed by atoms with Crippen LogP contribution in [0, 0.1) is 0 Å². The smallest absolute Gasteiger partial charge is 0.265 e. The van der Waals surface area contributed by atoms with Crippen LogP contribution < -0.4 is 19.5 Å². The van der Waals surface area contributed by atoms with Gasteiger partial charge in [0.2, 0.25) is 0 Å². The molecule has 1 amide bonds. The van der Waals surface area contributed by atoms with Crippen LogP contribution in [-0.2, 0) is 14.8 Å². The largest absolute Gasteiger partial charge is 0.497 e. The van der Waals surface area contributed by atoms with E-state index >= 15 is 0 Å². The Kier molecular flexibility index (Phi) is 7.50. The van der Waals surface area contributed by atoms with Crippen molar-refractivity contribution in [2.45, 2.75) is 17.9 Å². The number of hydrogen-bond acceptors (Lipinski definition) is 5. The van der Waals surface area contributed by atoms with Crippen LogP contribution in [0.5, 0.6) is 11.5 Å². The number of sulfonamides is 1. The monoisotopic (exact) mass is 494 g/mol. The molecule has 0 radical (unpaired) electrons. The number of hydrogen-bond donors (Lipinski definition) is 2. The number of carbonyl (C=O) groups excluding carboxylic acids is 1. The Balaban J connectivity index is 1.63. The average Bonchev–Trinajstić information content (AvgIpc) is 2.76. The summed E-state index contributed by atoms with van der Waals surface area (Å²) in [7, 11) is -2.32. The zero-order chi connectivity index (χ0) is 23.3. The van der Waals surface area contributed by atoms with Crippen molar-refractivity contribution in [2.24, 2.45) is 0 Å². The maximum atomic E-state index is 12.6. The Bertz CT molecular complexity index is 1200. The zero-order valence-electron chi connectivity index (χ0n) is 17.1. The maximum Gasteiger partial charge on any atom is 0.265 e. The molecule has 0 aliphatic heterocycles. The minimum atomic E-state index is -3.88. The molecule has 3 aromatic carbocycles. The lowest BCUT2D eigenvalue weighted by atomic mass is 10.3. The highest BCUT2D eigenvalue weighted by Crippen LogP contribution is 2.28. The summed E-state index contributed by atoms with van der Waals surface area (Å²) in [4.78, 5) is 12.4. The number of nitrogens with one attached hydrogen (secondary N) is 2. The molecule has 0 bridgehead atoms. The molecule has 0 saturated heterocycles. The van der Waals surface area contributed by atoms with Gasteiger partial charge in [0, 0.05) is 10.7 Å². The molecule has 10 heteroatoms.